The monoisotopic (exact) mass is 484 g/mol. The number of hydrogen-bond donors (Lipinski definition) is 0. The van der Waals surface area contributed by atoms with Crippen LogP contribution in [-0.4, -0.2) is 4.98 Å². The summed E-state index contributed by atoms with van der Waals surface area (Å²) < 4.78 is 83.6. The molecule has 0 spiro atoms. The van der Waals surface area contributed by atoms with Gasteiger partial charge in [0, 0.05) is 5.56 Å². The number of nitriles is 1. The highest BCUT2D eigenvalue weighted by molar-refractivity contribution is 7.15. The molecular weight excluding hydrogens is 466 g/mol. The number of nitrogens with zero attached hydrogens (tertiary/aromatic N) is 2. The Morgan fingerprint density at radius 1 is 1.00 bits per heavy atom. The molecular formula is C23H18F6N2OS. The van der Waals surface area contributed by atoms with Gasteiger partial charge >= 0.3 is 12.4 Å². The van der Waals surface area contributed by atoms with Gasteiger partial charge in [0.1, 0.15) is 17.4 Å². The molecule has 174 valence electrons. The zero-order chi connectivity index (χ0) is 24.2. The molecule has 0 saturated carbocycles. The summed E-state index contributed by atoms with van der Waals surface area (Å²) in [5.74, 6) is -0.0488. The normalized spacial score (nSPS) is 11.9. The van der Waals surface area contributed by atoms with Crippen LogP contribution in [0.15, 0.2) is 42.5 Å². The molecule has 0 bridgehead atoms. The summed E-state index contributed by atoms with van der Waals surface area (Å²) in [6.45, 7) is 1.94. The summed E-state index contributed by atoms with van der Waals surface area (Å²) in [4.78, 5) is 5.22. The molecule has 0 aliphatic heterocycles. The van der Waals surface area contributed by atoms with Crippen LogP contribution in [0.2, 0.25) is 0 Å². The van der Waals surface area contributed by atoms with E-state index in [1.54, 1.807) is 0 Å². The van der Waals surface area contributed by atoms with E-state index in [-0.39, 0.29) is 12.4 Å². The van der Waals surface area contributed by atoms with Crippen LogP contribution in [0, 0.1) is 11.3 Å². The fraction of sp³-hybridized carbons (Fsp3) is 0.304. The molecule has 3 aromatic rings. The van der Waals surface area contributed by atoms with E-state index in [0.717, 1.165) is 37.1 Å². The summed E-state index contributed by atoms with van der Waals surface area (Å²) >= 11 is 1.22. The summed E-state index contributed by atoms with van der Waals surface area (Å²) in [5.41, 5.74) is -1.14. The summed E-state index contributed by atoms with van der Waals surface area (Å²) in [6.07, 6.45) is -6.83. The van der Waals surface area contributed by atoms with Crippen molar-refractivity contribution >= 4 is 11.3 Å². The van der Waals surface area contributed by atoms with Crippen LogP contribution in [0.1, 0.15) is 47.0 Å². The van der Waals surface area contributed by atoms with Crippen molar-refractivity contribution in [3.63, 3.8) is 0 Å². The Kier molecular flexibility index (Phi) is 7.32. The van der Waals surface area contributed by atoms with Crippen molar-refractivity contribution in [3.8, 4) is 22.4 Å². The predicted octanol–water partition coefficient (Wildman–Crippen LogP) is 7.64. The summed E-state index contributed by atoms with van der Waals surface area (Å²) in [5, 5.41) is 9.42. The van der Waals surface area contributed by atoms with Gasteiger partial charge < -0.3 is 4.74 Å². The van der Waals surface area contributed by atoms with Crippen LogP contribution in [0.5, 0.6) is 5.75 Å². The van der Waals surface area contributed by atoms with Crippen molar-refractivity contribution in [2.75, 3.05) is 0 Å². The molecule has 0 unspecified atom stereocenters. The van der Waals surface area contributed by atoms with Gasteiger partial charge in [0.2, 0.25) is 0 Å². The Morgan fingerprint density at radius 3 is 2.27 bits per heavy atom. The largest absolute Gasteiger partial charge is 0.488 e. The lowest BCUT2D eigenvalue weighted by atomic mass is 10.1. The highest BCUT2D eigenvalue weighted by atomic mass is 32.1. The second-order valence-corrected chi connectivity index (χ2v) is 8.26. The standard InChI is InChI=1S/C23H18F6N2OS/c1-2-3-4-19-20(13-32-17-10-7-15(12-30)18(11-17)23(27,28)29)33-21(31-19)14-5-8-16(9-6-14)22(24,25)26/h5-11H,2-4,13H2,1H3. The molecule has 0 amide bonds. The molecule has 3 rings (SSSR count). The van der Waals surface area contributed by atoms with Gasteiger partial charge in [-0.05, 0) is 43.2 Å². The first-order valence-corrected chi connectivity index (χ1v) is 10.7. The highest BCUT2D eigenvalue weighted by Crippen LogP contribution is 2.36. The molecule has 1 aromatic heterocycles. The molecule has 3 nitrogen and oxygen atoms in total. The molecule has 0 saturated heterocycles. The van der Waals surface area contributed by atoms with Gasteiger partial charge in [-0.2, -0.15) is 31.6 Å². The van der Waals surface area contributed by atoms with E-state index in [9.17, 15) is 26.3 Å². The van der Waals surface area contributed by atoms with Gasteiger partial charge in [0.05, 0.1) is 33.3 Å². The number of aryl methyl sites for hydroxylation is 1. The van der Waals surface area contributed by atoms with Gasteiger partial charge in [-0.1, -0.05) is 25.5 Å². The average Bonchev–Trinajstić information content (AvgIpc) is 3.18. The number of thiazole rings is 1. The van der Waals surface area contributed by atoms with Crippen LogP contribution in [0.3, 0.4) is 0 Å². The van der Waals surface area contributed by atoms with Crippen molar-refractivity contribution < 1.29 is 31.1 Å². The fourth-order valence-electron chi connectivity index (χ4n) is 3.05. The maximum Gasteiger partial charge on any atom is 0.417 e. The minimum Gasteiger partial charge on any atom is -0.488 e. The van der Waals surface area contributed by atoms with Gasteiger partial charge in [-0.3, -0.25) is 0 Å². The van der Waals surface area contributed by atoms with E-state index >= 15 is 0 Å². The topological polar surface area (TPSA) is 45.9 Å². The van der Waals surface area contributed by atoms with E-state index in [1.807, 2.05) is 6.92 Å². The van der Waals surface area contributed by atoms with Crippen LogP contribution < -0.4 is 4.74 Å². The molecule has 1 heterocycles. The molecule has 0 aliphatic rings. The van der Waals surface area contributed by atoms with Gasteiger partial charge in [0.15, 0.2) is 0 Å². The smallest absolute Gasteiger partial charge is 0.417 e. The number of benzene rings is 2. The molecule has 0 N–H and O–H groups in total. The third-order valence-corrected chi connectivity index (χ3v) is 5.91. The van der Waals surface area contributed by atoms with Crippen molar-refractivity contribution in [2.45, 2.75) is 45.1 Å². The lowest BCUT2D eigenvalue weighted by molar-refractivity contribution is -0.138. The number of rotatable bonds is 7. The summed E-state index contributed by atoms with van der Waals surface area (Å²) in [6, 6.07) is 9.28. The van der Waals surface area contributed by atoms with E-state index < -0.39 is 29.0 Å². The first-order chi connectivity index (χ1) is 15.5. The first-order valence-electron chi connectivity index (χ1n) is 9.93. The average molecular weight is 484 g/mol. The third-order valence-electron chi connectivity index (χ3n) is 4.79. The van der Waals surface area contributed by atoms with Crippen LogP contribution in [0.4, 0.5) is 26.3 Å². The van der Waals surface area contributed by atoms with Crippen molar-refractivity contribution in [1.82, 2.24) is 4.98 Å². The Labute approximate surface area is 190 Å². The highest BCUT2D eigenvalue weighted by Gasteiger charge is 2.34. The molecule has 2 aromatic carbocycles. The quantitative estimate of drug-likeness (QED) is 0.324. The SMILES string of the molecule is CCCCc1nc(-c2ccc(C(F)(F)F)cc2)sc1COc1ccc(C#N)c(C(F)(F)F)c1. The Morgan fingerprint density at radius 2 is 1.70 bits per heavy atom. The predicted molar refractivity (Wildman–Crippen MR) is 112 cm³/mol. The zero-order valence-electron chi connectivity index (χ0n) is 17.3. The number of ether oxygens (including phenoxy) is 1. The Bertz CT molecular complexity index is 1140. The third kappa shape index (κ3) is 6.05. The van der Waals surface area contributed by atoms with Crippen molar-refractivity contribution in [1.29, 1.82) is 5.26 Å². The number of halogens is 6. The second-order valence-electron chi connectivity index (χ2n) is 7.17. The lowest BCUT2D eigenvalue weighted by Gasteiger charge is -2.12. The minimum atomic E-state index is -4.70. The first kappa shape index (κ1) is 24.6. The van der Waals surface area contributed by atoms with E-state index in [4.69, 9.17) is 10.00 Å². The summed E-state index contributed by atoms with van der Waals surface area (Å²) in [7, 11) is 0. The Balaban J connectivity index is 1.86. The lowest BCUT2D eigenvalue weighted by Crippen LogP contribution is -2.08. The number of unbranched alkanes of at least 4 members (excludes halogenated alkanes) is 1. The number of hydrogen-bond acceptors (Lipinski definition) is 4. The molecule has 33 heavy (non-hydrogen) atoms. The molecule has 0 radical (unpaired) electrons. The number of alkyl halides is 6. The van der Waals surface area contributed by atoms with Crippen molar-refractivity contribution in [2.24, 2.45) is 0 Å². The number of aromatic nitrogens is 1. The molecule has 0 atom stereocenters. The molecule has 0 aliphatic carbocycles. The molecule has 10 heteroatoms. The maximum absolute atomic E-state index is 13.2. The van der Waals surface area contributed by atoms with Crippen LogP contribution in [-0.2, 0) is 25.4 Å². The van der Waals surface area contributed by atoms with E-state index in [0.29, 0.717) is 27.6 Å². The molecule has 0 fully saturated rings. The van der Waals surface area contributed by atoms with Crippen LogP contribution in [0.25, 0.3) is 10.6 Å². The zero-order valence-corrected chi connectivity index (χ0v) is 18.2. The van der Waals surface area contributed by atoms with Gasteiger partial charge in [0.25, 0.3) is 0 Å². The van der Waals surface area contributed by atoms with Gasteiger partial charge in [-0.15, -0.1) is 11.3 Å². The minimum absolute atomic E-state index is 0.0488. The van der Waals surface area contributed by atoms with Gasteiger partial charge in [-0.25, -0.2) is 4.98 Å². The van der Waals surface area contributed by atoms with Crippen LogP contribution >= 0.6 is 11.3 Å². The van der Waals surface area contributed by atoms with Crippen molar-refractivity contribution in [3.05, 3.63) is 69.7 Å². The Hall–Kier alpha value is -3.06. The maximum atomic E-state index is 13.2. The van der Waals surface area contributed by atoms with E-state index in [1.165, 1.54) is 35.6 Å². The second kappa shape index (κ2) is 9.83. The van der Waals surface area contributed by atoms with E-state index in [2.05, 4.69) is 4.98 Å². The fourth-order valence-corrected chi connectivity index (χ4v) is 4.08.